The molecule has 2 heterocycles. The molecule has 0 aliphatic rings. The van der Waals surface area contributed by atoms with Crippen molar-refractivity contribution in [3.63, 3.8) is 0 Å². The van der Waals surface area contributed by atoms with Crippen LogP contribution >= 0.6 is 22.9 Å². The van der Waals surface area contributed by atoms with Gasteiger partial charge >= 0.3 is 5.97 Å². The van der Waals surface area contributed by atoms with Crippen LogP contribution in [0.15, 0.2) is 53.9 Å². The second kappa shape index (κ2) is 10.1. The summed E-state index contributed by atoms with van der Waals surface area (Å²) in [5, 5.41) is 27.9. The van der Waals surface area contributed by atoms with Crippen molar-refractivity contribution in [2.24, 2.45) is 0 Å². The zero-order valence-electron chi connectivity index (χ0n) is 18.5. The molecular weight excluding hydrogens is 458 g/mol. The smallest absolute Gasteiger partial charge is 0.352 e. The van der Waals surface area contributed by atoms with Crippen LogP contribution in [0.4, 0.5) is 0 Å². The highest BCUT2D eigenvalue weighted by atomic mass is 35.5. The Hall–Kier alpha value is -2.71. The Balaban J connectivity index is 1.46. The fourth-order valence-corrected chi connectivity index (χ4v) is 4.81. The molecule has 0 bridgehead atoms. The number of thiazole rings is 1. The van der Waals surface area contributed by atoms with E-state index in [1.165, 1.54) is 0 Å². The molecule has 0 saturated heterocycles. The molecule has 0 saturated carbocycles. The number of aromatic carboxylic acids is 1. The van der Waals surface area contributed by atoms with E-state index in [1.807, 2.05) is 42.6 Å². The number of aryl methyl sites for hydroxylation is 1. The first-order valence-corrected chi connectivity index (χ1v) is 12.0. The number of aliphatic hydroxyl groups is 1. The summed E-state index contributed by atoms with van der Waals surface area (Å²) in [4.78, 5) is 16.3. The lowest BCUT2D eigenvalue weighted by molar-refractivity contribution is 0.0686. The third-order valence-electron chi connectivity index (χ3n) is 5.61. The Kier molecular flexibility index (Phi) is 7.14. The lowest BCUT2D eigenvalue weighted by atomic mass is 10.0. The van der Waals surface area contributed by atoms with E-state index < -0.39 is 12.1 Å². The normalized spacial score (nSPS) is 13.3. The van der Waals surface area contributed by atoms with Crippen molar-refractivity contribution >= 4 is 39.8 Å². The summed E-state index contributed by atoms with van der Waals surface area (Å²) in [6, 6.07) is 15.1. The van der Waals surface area contributed by atoms with Gasteiger partial charge in [-0.1, -0.05) is 29.8 Å². The number of carboxylic acid groups (broad SMARTS) is 1. The first-order chi connectivity index (χ1) is 15.8. The number of fused-ring (bicyclic) bond motifs is 1. The molecule has 0 fully saturated rings. The zero-order chi connectivity index (χ0) is 23.5. The maximum Gasteiger partial charge on any atom is 0.352 e. The summed E-state index contributed by atoms with van der Waals surface area (Å²) in [6.45, 7) is 4.84. The minimum Gasteiger partial charge on any atom is -0.477 e. The highest BCUT2D eigenvalue weighted by molar-refractivity contribution is 7.09. The van der Waals surface area contributed by atoms with E-state index in [1.54, 1.807) is 34.1 Å². The van der Waals surface area contributed by atoms with Gasteiger partial charge in [0.2, 0.25) is 0 Å². The van der Waals surface area contributed by atoms with E-state index in [-0.39, 0.29) is 11.7 Å². The van der Waals surface area contributed by atoms with Crippen molar-refractivity contribution in [1.29, 1.82) is 0 Å². The number of carboxylic acids is 1. The van der Waals surface area contributed by atoms with E-state index in [2.05, 4.69) is 17.2 Å². The first kappa shape index (κ1) is 23.4. The van der Waals surface area contributed by atoms with Crippen molar-refractivity contribution in [2.45, 2.75) is 39.0 Å². The van der Waals surface area contributed by atoms with Crippen molar-refractivity contribution in [1.82, 2.24) is 14.9 Å². The van der Waals surface area contributed by atoms with E-state index in [0.717, 1.165) is 39.2 Å². The number of hydrogen-bond donors (Lipinski definition) is 3. The van der Waals surface area contributed by atoms with Crippen LogP contribution in [0.1, 0.15) is 45.3 Å². The summed E-state index contributed by atoms with van der Waals surface area (Å²) >= 11 is 7.57. The second-order valence-corrected chi connectivity index (χ2v) is 9.75. The SMILES string of the molecule is Cc1nc(Cn2c(C(=O)O)cc3cc(CC(C)NCC(O)c4cccc(Cl)c4)ccc32)cs1. The fourth-order valence-electron chi connectivity index (χ4n) is 4.01. The lowest BCUT2D eigenvalue weighted by Gasteiger charge is -2.18. The highest BCUT2D eigenvalue weighted by Crippen LogP contribution is 2.24. The minimum atomic E-state index is -0.954. The Bertz CT molecular complexity index is 1280. The second-order valence-electron chi connectivity index (χ2n) is 8.26. The molecule has 0 aliphatic heterocycles. The predicted molar refractivity (Wildman–Crippen MR) is 132 cm³/mol. The number of nitrogens with one attached hydrogen (secondary N) is 1. The molecule has 4 rings (SSSR count). The zero-order valence-corrected chi connectivity index (χ0v) is 20.0. The van der Waals surface area contributed by atoms with Crippen molar-refractivity contribution in [3.05, 3.63) is 86.5 Å². The average molecular weight is 484 g/mol. The van der Waals surface area contributed by atoms with Crippen LogP contribution in [0.5, 0.6) is 0 Å². The Labute approximate surface area is 201 Å². The van der Waals surface area contributed by atoms with Crippen molar-refractivity contribution in [3.8, 4) is 0 Å². The third kappa shape index (κ3) is 5.62. The molecular formula is C25H26ClN3O3S. The van der Waals surface area contributed by atoms with Crippen molar-refractivity contribution in [2.75, 3.05) is 6.54 Å². The van der Waals surface area contributed by atoms with E-state index in [4.69, 9.17) is 11.6 Å². The third-order valence-corrected chi connectivity index (χ3v) is 6.66. The van der Waals surface area contributed by atoms with Gasteiger partial charge in [0, 0.05) is 33.9 Å². The van der Waals surface area contributed by atoms with Crippen LogP contribution in [0.2, 0.25) is 5.02 Å². The number of hydrogen-bond acceptors (Lipinski definition) is 5. The molecule has 2 aromatic heterocycles. The van der Waals surface area contributed by atoms with Gasteiger partial charge in [0.25, 0.3) is 0 Å². The maximum atomic E-state index is 11.9. The number of aromatic nitrogens is 2. The van der Waals surface area contributed by atoms with Gasteiger partial charge in [-0.15, -0.1) is 11.3 Å². The first-order valence-electron chi connectivity index (χ1n) is 10.7. The number of rotatable bonds is 9. The van der Waals surface area contributed by atoms with E-state index in [0.29, 0.717) is 18.1 Å². The molecule has 8 heteroatoms. The topological polar surface area (TPSA) is 87.4 Å². The van der Waals surface area contributed by atoms with E-state index in [9.17, 15) is 15.0 Å². The van der Waals surface area contributed by atoms with Crippen LogP contribution in [0.25, 0.3) is 10.9 Å². The molecule has 2 aromatic carbocycles. The van der Waals surface area contributed by atoms with Crippen LogP contribution in [-0.4, -0.2) is 38.3 Å². The van der Waals surface area contributed by atoms with Crippen LogP contribution < -0.4 is 5.32 Å². The van der Waals surface area contributed by atoms with Gasteiger partial charge in [0.05, 0.1) is 23.4 Å². The molecule has 0 amide bonds. The Morgan fingerprint density at radius 3 is 2.76 bits per heavy atom. The van der Waals surface area contributed by atoms with Crippen LogP contribution in [0.3, 0.4) is 0 Å². The standard InChI is InChI=1S/C25H26ClN3O3S/c1-15(27-12-24(30)18-4-3-5-20(26)10-18)8-17-6-7-22-19(9-17)11-23(25(31)32)29(22)13-21-14-33-16(2)28-21/h3-7,9-11,14-15,24,27,30H,8,12-13H2,1-2H3,(H,31,32). The molecule has 0 spiro atoms. The monoisotopic (exact) mass is 483 g/mol. The number of nitrogens with zero attached hydrogens (tertiary/aromatic N) is 2. The van der Waals surface area contributed by atoms with Crippen molar-refractivity contribution < 1.29 is 15.0 Å². The summed E-state index contributed by atoms with van der Waals surface area (Å²) in [6.07, 6.45) is 0.104. The Morgan fingerprint density at radius 1 is 1.24 bits per heavy atom. The van der Waals surface area contributed by atoms with Crippen LogP contribution in [0, 0.1) is 6.92 Å². The molecule has 6 nitrogen and oxygen atoms in total. The van der Waals surface area contributed by atoms with Gasteiger partial charge in [-0.2, -0.15) is 0 Å². The predicted octanol–water partition coefficient (Wildman–Crippen LogP) is 5.06. The number of benzene rings is 2. The minimum absolute atomic E-state index is 0.121. The summed E-state index contributed by atoms with van der Waals surface area (Å²) in [7, 11) is 0. The van der Waals surface area contributed by atoms with Gasteiger partial charge in [-0.3, -0.25) is 0 Å². The molecule has 2 unspecified atom stereocenters. The van der Waals surface area contributed by atoms with Gasteiger partial charge in [0.1, 0.15) is 5.69 Å². The van der Waals surface area contributed by atoms with Gasteiger partial charge in [-0.25, -0.2) is 9.78 Å². The molecule has 0 aliphatic carbocycles. The molecule has 2 atom stereocenters. The number of aliphatic hydroxyl groups excluding tert-OH is 1. The van der Waals surface area contributed by atoms with E-state index >= 15 is 0 Å². The number of carbonyl (C=O) groups is 1. The fraction of sp³-hybridized carbons (Fsp3) is 0.280. The molecule has 3 N–H and O–H groups in total. The quantitative estimate of drug-likeness (QED) is 0.309. The van der Waals surface area contributed by atoms with Crippen LogP contribution in [-0.2, 0) is 13.0 Å². The maximum absolute atomic E-state index is 11.9. The molecule has 0 radical (unpaired) electrons. The Morgan fingerprint density at radius 2 is 2.06 bits per heavy atom. The van der Waals surface area contributed by atoms with Gasteiger partial charge in [0.15, 0.2) is 0 Å². The molecule has 4 aromatic rings. The summed E-state index contributed by atoms with van der Waals surface area (Å²) in [5.74, 6) is -0.954. The molecule has 172 valence electrons. The molecule has 33 heavy (non-hydrogen) atoms. The largest absolute Gasteiger partial charge is 0.477 e. The summed E-state index contributed by atoms with van der Waals surface area (Å²) in [5.41, 5.74) is 3.86. The highest BCUT2D eigenvalue weighted by Gasteiger charge is 2.17. The van der Waals surface area contributed by atoms with Gasteiger partial charge < -0.3 is 20.1 Å². The lowest BCUT2D eigenvalue weighted by Crippen LogP contribution is -2.32. The number of halogens is 1. The van der Waals surface area contributed by atoms with Gasteiger partial charge in [-0.05, 0) is 61.7 Å². The summed E-state index contributed by atoms with van der Waals surface area (Å²) < 4.78 is 1.80. The average Bonchev–Trinajstić information content (AvgIpc) is 3.35.